The van der Waals surface area contributed by atoms with Crippen LogP contribution in [0, 0.1) is 11.3 Å². The highest BCUT2D eigenvalue weighted by Gasteiger charge is 2.24. The standard InChI is InChI=1S/C20H21N3O2/c21-13-17-7-4-8-18(11-17)14-22-20(24)23-9-10-25-19(15-23)12-16-5-2-1-3-6-16/h1-8,11,19H,9-10,12,14-15H2,(H,22,24)/t19-/m1/s1. The van der Waals surface area contributed by atoms with Gasteiger partial charge in [-0.2, -0.15) is 5.26 Å². The van der Waals surface area contributed by atoms with Gasteiger partial charge in [-0.05, 0) is 23.3 Å². The molecule has 0 unspecified atom stereocenters. The summed E-state index contributed by atoms with van der Waals surface area (Å²) in [5.41, 5.74) is 2.73. The van der Waals surface area contributed by atoms with Crippen LogP contribution in [-0.2, 0) is 17.7 Å². The number of hydrogen-bond donors (Lipinski definition) is 1. The van der Waals surface area contributed by atoms with Crippen molar-refractivity contribution in [3.63, 3.8) is 0 Å². The molecular formula is C20H21N3O2. The molecule has 0 radical (unpaired) electrons. The molecule has 0 aromatic heterocycles. The van der Waals surface area contributed by atoms with Crippen LogP contribution in [0.2, 0.25) is 0 Å². The SMILES string of the molecule is N#Cc1cccc(CNC(=O)N2CCO[C@H](Cc3ccccc3)C2)c1. The van der Waals surface area contributed by atoms with Gasteiger partial charge in [0, 0.05) is 26.1 Å². The highest BCUT2D eigenvalue weighted by atomic mass is 16.5. The first-order valence-corrected chi connectivity index (χ1v) is 8.42. The third-order valence-corrected chi connectivity index (χ3v) is 4.23. The molecule has 2 aromatic rings. The fourth-order valence-electron chi connectivity index (χ4n) is 2.94. The van der Waals surface area contributed by atoms with Crippen LogP contribution < -0.4 is 5.32 Å². The summed E-state index contributed by atoms with van der Waals surface area (Å²) >= 11 is 0. The van der Waals surface area contributed by atoms with Crippen molar-refractivity contribution in [2.24, 2.45) is 0 Å². The molecule has 2 aromatic carbocycles. The molecule has 128 valence electrons. The second kappa shape index (κ2) is 8.32. The van der Waals surface area contributed by atoms with E-state index >= 15 is 0 Å². The first kappa shape index (κ1) is 17.0. The van der Waals surface area contributed by atoms with Crippen molar-refractivity contribution in [3.05, 3.63) is 71.3 Å². The number of hydrogen-bond acceptors (Lipinski definition) is 3. The monoisotopic (exact) mass is 335 g/mol. The van der Waals surface area contributed by atoms with E-state index in [-0.39, 0.29) is 12.1 Å². The van der Waals surface area contributed by atoms with Crippen molar-refractivity contribution < 1.29 is 9.53 Å². The summed E-state index contributed by atoms with van der Waals surface area (Å²) in [5, 5.41) is 11.9. The highest BCUT2D eigenvalue weighted by molar-refractivity contribution is 5.74. The van der Waals surface area contributed by atoms with Crippen LogP contribution in [0.25, 0.3) is 0 Å². The van der Waals surface area contributed by atoms with Gasteiger partial charge in [0.1, 0.15) is 0 Å². The molecular weight excluding hydrogens is 314 g/mol. The molecule has 1 N–H and O–H groups in total. The summed E-state index contributed by atoms with van der Waals surface area (Å²) in [4.78, 5) is 14.2. The Kier molecular flexibility index (Phi) is 5.65. The number of rotatable bonds is 4. The van der Waals surface area contributed by atoms with E-state index in [0.717, 1.165) is 12.0 Å². The highest BCUT2D eigenvalue weighted by Crippen LogP contribution is 2.12. The van der Waals surface area contributed by atoms with E-state index in [1.165, 1.54) is 5.56 Å². The first-order chi connectivity index (χ1) is 12.2. The van der Waals surface area contributed by atoms with Gasteiger partial charge in [0.05, 0.1) is 24.3 Å². The number of benzene rings is 2. The van der Waals surface area contributed by atoms with Crippen molar-refractivity contribution in [1.82, 2.24) is 10.2 Å². The Balaban J connectivity index is 1.52. The minimum Gasteiger partial charge on any atom is -0.374 e. The van der Waals surface area contributed by atoms with E-state index in [0.29, 0.717) is 31.8 Å². The van der Waals surface area contributed by atoms with E-state index in [9.17, 15) is 4.79 Å². The van der Waals surface area contributed by atoms with Gasteiger partial charge >= 0.3 is 6.03 Å². The summed E-state index contributed by atoms with van der Waals surface area (Å²) in [5.74, 6) is 0. The number of nitrogens with one attached hydrogen (secondary N) is 1. The molecule has 0 saturated carbocycles. The van der Waals surface area contributed by atoms with Crippen LogP contribution >= 0.6 is 0 Å². The van der Waals surface area contributed by atoms with Crippen molar-refractivity contribution in [1.29, 1.82) is 5.26 Å². The Morgan fingerprint density at radius 3 is 2.80 bits per heavy atom. The van der Waals surface area contributed by atoms with E-state index in [1.54, 1.807) is 17.0 Å². The van der Waals surface area contributed by atoms with Crippen LogP contribution in [0.15, 0.2) is 54.6 Å². The Morgan fingerprint density at radius 2 is 2.00 bits per heavy atom. The van der Waals surface area contributed by atoms with E-state index in [2.05, 4.69) is 23.5 Å². The fourth-order valence-corrected chi connectivity index (χ4v) is 2.94. The smallest absolute Gasteiger partial charge is 0.317 e. The first-order valence-electron chi connectivity index (χ1n) is 8.42. The van der Waals surface area contributed by atoms with Crippen LogP contribution in [0.3, 0.4) is 0 Å². The zero-order chi connectivity index (χ0) is 17.5. The number of ether oxygens (including phenoxy) is 1. The van der Waals surface area contributed by atoms with Gasteiger partial charge in [0.15, 0.2) is 0 Å². The van der Waals surface area contributed by atoms with Gasteiger partial charge in [-0.25, -0.2) is 4.79 Å². The average Bonchev–Trinajstić information content (AvgIpc) is 2.67. The second-order valence-corrected chi connectivity index (χ2v) is 6.10. The van der Waals surface area contributed by atoms with Crippen LogP contribution in [0.4, 0.5) is 4.79 Å². The molecule has 0 aliphatic carbocycles. The number of morpholine rings is 1. The van der Waals surface area contributed by atoms with E-state index in [4.69, 9.17) is 10.00 Å². The average molecular weight is 335 g/mol. The molecule has 1 saturated heterocycles. The molecule has 3 rings (SSSR count). The zero-order valence-corrected chi connectivity index (χ0v) is 14.0. The molecule has 1 aliphatic rings. The molecule has 0 bridgehead atoms. The molecule has 0 spiro atoms. The summed E-state index contributed by atoms with van der Waals surface area (Å²) < 4.78 is 5.80. The number of nitrogens with zero attached hydrogens (tertiary/aromatic N) is 2. The van der Waals surface area contributed by atoms with Crippen molar-refractivity contribution in [2.75, 3.05) is 19.7 Å². The molecule has 5 nitrogen and oxygen atoms in total. The number of urea groups is 1. The third kappa shape index (κ3) is 4.82. The Hall–Kier alpha value is -2.84. The number of nitriles is 1. The lowest BCUT2D eigenvalue weighted by atomic mass is 10.1. The molecule has 1 fully saturated rings. The number of carbonyl (C=O) groups is 1. The quantitative estimate of drug-likeness (QED) is 0.934. The van der Waals surface area contributed by atoms with Gasteiger partial charge in [-0.3, -0.25) is 0 Å². The molecule has 5 heteroatoms. The van der Waals surface area contributed by atoms with Gasteiger partial charge in [-0.1, -0.05) is 42.5 Å². The summed E-state index contributed by atoms with van der Waals surface area (Å²) in [6.07, 6.45) is 0.818. The maximum absolute atomic E-state index is 12.4. The van der Waals surface area contributed by atoms with Gasteiger partial charge in [0.2, 0.25) is 0 Å². The minimum atomic E-state index is -0.0938. The molecule has 1 heterocycles. The largest absolute Gasteiger partial charge is 0.374 e. The maximum atomic E-state index is 12.4. The summed E-state index contributed by atoms with van der Waals surface area (Å²) in [6, 6.07) is 19.4. The fraction of sp³-hybridized carbons (Fsp3) is 0.300. The molecule has 2 amide bonds. The molecule has 1 atom stereocenters. The lowest BCUT2D eigenvalue weighted by molar-refractivity contribution is -0.0133. The Morgan fingerprint density at radius 1 is 1.20 bits per heavy atom. The van der Waals surface area contributed by atoms with E-state index < -0.39 is 0 Å². The van der Waals surface area contributed by atoms with Crippen molar-refractivity contribution in [2.45, 2.75) is 19.1 Å². The van der Waals surface area contributed by atoms with Crippen LogP contribution in [-0.4, -0.2) is 36.7 Å². The maximum Gasteiger partial charge on any atom is 0.317 e. The van der Waals surface area contributed by atoms with E-state index in [1.807, 2.05) is 30.3 Å². The zero-order valence-electron chi connectivity index (χ0n) is 14.0. The van der Waals surface area contributed by atoms with Gasteiger partial charge in [-0.15, -0.1) is 0 Å². The topological polar surface area (TPSA) is 65.4 Å². The lowest BCUT2D eigenvalue weighted by Gasteiger charge is -2.33. The third-order valence-electron chi connectivity index (χ3n) is 4.23. The number of carbonyl (C=O) groups excluding carboxylic acids is 1. The molecule has 1 aliphatic heterocycles. The Labute approximate surface area is 147 Å². The minimum absolute atomic E-state index is 0.0174. The summed E-state index contributed by atoms with van der Waals surface area (Å²) in [6.45, 7) is 2.14. The predicted octanol–water partition coefficient (Wildman–Crippen LogP) is 2.71. The van der Waals surface area contributed by atoms with Crippen LogP contribution in [0.5, 0.6) is 0 Å². The van der Waals surface area contributed by atoms with Crippen molar-refractivity contribution >= 4 is 6.03 Å². The van der Waals surface area contributed by atoms with Gasteiger partial charge < -0.3 is 15.0 Å². The van der Waals surface area contributed by atoms with Crippen LogP contribution in [0.1, 0.15) is 16.7 Å². The molecule has 25 heavy (non-hydrogen) atoms. The Bertz CT molecular complexity index is 755. The summed E-state index contributed by atoms with van der Waals surface area (Å²) in [7, 11) is 0. The normalized spacial score (nSPS) is 16.9. The van der Waals surface area contributed by atoms with Gasteiger partial charge in [0.25, 0.3) is 0 Å². The lowest BCUT2D eigenvalue weighted by Crippen LogP contribution is -2.50. The number of amides is 2. The predicted molar refractivity (Wildman–Crippen MR) is 94.9 cm³/mol. The second-order valence-electron chi connectivity index (χ2n) is 6.10. The van der Waals surface area contributed by atoms with Crippen molar-refractivity contribution in [3.8, 4) is 6.07 Å².